The molecule has 2 aromatic heterocycles. The Balaban J connectivity index is 1.42. The summed E-state index contributed by atoms with van der Waals surface area (Å²) in [6, 6.07) is 13.4. The van der Waals surface area contributed by atoms with Gasteiger partial charge in [0.1, 0.15) is 10.8 Å². The van der Waals surface area contributed by atoms with Crippen molar-refractivity contribution in [2.24, 2.45) is 7.05 Å². The average Bonchev–Trinajstić information content (AvgIpc) is 3.36. The van der Waals surface area contributed by atoms with Crippen molar-refractivity contribution in [1.29, 1.82) is 0 Å². The Morgan fingerprint density at radius 2 is 1.94 bits per heavy atom. The van der Waals surface area contributed by atoms with Crippen molar-refractivity contribution in [3.63, 3.8) is 0 Å². The zero-order chi connectivity index (χ0) is 22.0. The maximum Gasteiger partial charge on any atom is 0.191 e. The molecule has 0 bridgehead atoms. The zero-order valence-corrected chi connectivity index (χ0v) is 20.3. The van der Waals surface area contributed by atoms with Crippen LogP contribution in [0.2, 0.25) is 10.0 Å². The van der Waals surface area contributed by atoms with Crippen LogP contribution in [0, 0.1) is 6.92 Å². The number of thiazole rings is 1. The summed E-state index contributed by atoms with van der Waals surface area (Å²) in [4.78, 5) is 4.72. The number of benzene rings is 2. The van der Waals surface area contributed by atoms with E-state index >= 15 is 0 Å². The minimum Gasteiger partial charge on any atom is -0.483 e. The van der Waals surface area contributed by atoms with E-state index < -0.39 is 0 Å². The summed E-state index contributed by atoms with van der Waals surface area (Å²) in [5.41, 5.74) is 2.91. The standard InChI is InChI=1S/C22H20Cl2N4OS2/c1-13-10-16(8-9-18(13)23)29-14(2)20-26-27-22(28(20)3)31-12-15-11-30-21(25-15)17-6-4-5-7-19(17)24/h4-11,14H,12H2,1-3H3. The highest BCUT2D eigenvalue weighted by Gasteiger charge is 2.18. The van der Waals surface area contributed by atoms with Crippen molar-refractivity contribution in [3.05, 3.63) is 75.0 Å². The SMILES string of the molecule is Cc1cc(OC(C)c2nnc(SCc3csc(-c4ccccc4Cl)n3)n2C)ccc1Cl. The van der Waals surface area contributed by atoms with E-state index in [2.05, 4.69) is 15.6 Å². The molecule has 0 saturated heterocycles. The van der Waals surface area contributed by atoms with Gasteiger partial charge < -0.3 is 9.30 Å². The third-order valence-electron chi connectivity index (χ3n) is 4.68. The molecule has 4 rings (SSSR count). The van der Waals surface area contributed by atoms with Crippen LogP contribution >= 0.6 is 46.3 Å². The molecule has 0 aliphatic heterocycles. The summed E-state index contributed by atoms with van der Waals surface area (Å²) in [6.07, 6.45) is -0.251. The molecule has 9 heteroatoms. The quantitative estimate of drug-likeness (QED) is 0.261. The van der Waals surface area contributed by atoms with Gasteiger partial charge in [0.05, 0.1) is 10.7 Å². The Labute approximate surface area is 199 Å². The Hall–Kier alpha value is -2.06. The van der Waals surface area contributed by atoms with Gasteiger partial charge in [-0.25, -0.2) is 4.98 Å². The number of nitrogens with zero attached hydrogens (tertiary/aromatic N) is 4. The molecule has 160 valence electrons. The molecule has 2 heterocycles. The summed E-state index contributed by atoms with van der Waals surface area (Å²) in [6.45, 7) is 3.91. The fourth-order valence-electron chi connectivity index (χ4n) is 3.02. The molecular formula is C22H20Cl2N4OS2. The molecule has 5 nitrogen and oxygen atoms in total. The fourth-order valence-corrected chi connectivity index (χ4v) is 5.20. The second-order valence-electron chi connectivity index (χ2n) is 6.98. The van der Waals surface area contributed by atoms with Crippen LogP contribution in [0.3, 0.4) is 0 Å². The predicted molar refractivity (Wildman–Crippen MR) is 128 cm³/mol. The molecule has 0 aliphatic carbocycles. The number of hydrogen-bond acceptors (Lipinski definition) is 6. The van der Waals surface area contributed by atoms with E-state index in [1.54, 1.807) is 23.1 Å². The minimum atomic E-state index is -0.251. The topological polar surface area (TPSA) is 52.8 Å². The lowest BCUT2D eigenvalue weighted by atomic mass is 10.2. The van der Waals surface area contributed by atoms with Crippen LogP contribution in [0.25, 0.3) is 10.6 Å². The second kappa shape index (κ2) is 9.61. The molecule has 4 aromatic rings. The van der Waals surface area contributed by atoms with Crippen molar-refractivity contribution in [1.82, 2.24) is 19.7 Å². The molecule has 0 fully saturated rings. The number of halogens is 2. The van der Waals surface area contributed by atoms with E-state index in [9.17, 15) is 0 Å². The highest BCUT2D eigenvalue weighted by molar-refractivity contribution is 7.98. The van der Waals surface area contributed by atoms with Crippen molar-refractivity contribution in [2.45, 2.75) is 30.9 Å². The van der Waals surface area contributed by atoms with E-state index in [1.807, 2.05) is 67.9 Å². The Kier molecular flexibility index (Phi) is 6.86. The highest BCUT2D eigenvalue weighted by Crippen LogP contribution is 2.32. The Bertz CT molecular complexity index is 1210. The van der Waals surface area contributed by atoms with Crippen LogP contribution < -0.4 is 4.74 Å². The number of thioether (sulfide) groups is 1. The monoisotopic (exact) mass is 490 g/mol. The number of rotatable bonds is 7. The molecule has 0 spiro atoms. The van der Waals surface area contributed by atoms with E-state index in [-0.39, 0.29) is 6.10 Å². The molecule has 2 aromatic carbocycles. The molecule has 0 N–H and O–H groups in total. The van der Waals surface area contributed by atoms with E-state index in [4.69, 9.17) is 32.9 Å². The van der Waals surface area contributed by atoms with Gasteiger partial charge in [0, 0.05) is 28.8 Å². The van der Waals surface area contributed by atoms with Gasteiger partial charge in [0.2, 0.25) is 0 Å². The number of hydrogen-bond donors (Lipinski definition) is 0. The smallest absolute Gasteiger partial charge is 0.191 e. The normalized spacial score (nSPS) is 12.2. The zero-order valence-electron chi connectivity index (χ0n) is 17.2. The van der Waals surface area contributed by atoms with Crippen LogP contribution in [0.5, 0.6) is 5.75 Å². The van der Waals surface area contributed by atoms with Crippen LogP contribution in [0.1, 0.15) is 30.1 Å². The average molecular weight is 491 g/mol. The lowest BCUT2D eigenvalue weighted by Gasteiger charge is -2.15. The van der Waals surface area contributed by atoms with Gasteiger partial charge >= 0.3 is 0 Å². The number of aryl methyl sites for hydroxylation is 1. The molecule has 31 heavy (non-hydrogen) atoms. The fraction of sp³-hybridized carbons (Fsp3) is 0.227. The first-order valence-corrected chi connectivity index (χ1v) is 12.2. The highest BCUT2D eigenvalue weighted by atomic mass is 35.5. The van der Waals surface area contributed by atoms with Gasteiger partial charge in [0.15, 0.2) is 17.1 Å². The van der Waals surface area contributed by atoms with E-state index in [0.717, 1.165) is 43.6 Å². The maximum atomic E-state index is 6.29. The third kappa shape index (κ3) is 5.06. The number of aromatic nitrogens is 4. The summed E-state index contributed by atoms with van der Waals surface area (Å²) < 4.78 is 8.00. The van der Waals surface area contributed by atoms with Gasteiger partial charge in [-0.1, -0.05) is 53.2 Å². The van der Waals surface area contributed by atoms with Gasteiger partial charge in [0.25, 0.3) is 0 Å². The van der Waals surface area contributed by atoms with Crippen LogP contribution in [-0.4, -0.2) is 19.7 Å². The van der Waals surface area contributed by atoms with Gasteiger partial charge in [-0.2, -0.15) is 0 Å². The van der Waals surface area contributed by atoms with Crippen LogP contribution in [0.15, 0.2) is 53.0 Å². The lowest BCUT2D eigenvalue weighted by molar-refractivity contribution is 0.211. The molecule has 1 atom stereocenters. The summed E-state index contributed by atoms with van der Waals surface area (Å²) in [7, 11) is 1.95. The van der Waals surface area contributed by atoms with Gasteiger partial charge in [-0.05, 0) is 43.7 Å². The van der Waals surface area contributed by atoms with Crippen LogP contribution in [0.4, 0.5) is 0 Å². The molecule has 0 amide bonds. The number of ether oxygens (including phenoxy) is 1. The van der Waals surface area contributed by atoms with Crippen molar-refractivity contribution in [2.75, 3.05) is 0 Å². The molecule has 0 radical (unpaired) electrons. The van der Waals surface area contributed by atoms with Gasteiger partial charge in [-0.3, -0.25) is 0 Å². The minimum absolute atomic E-state index is 0.251. The third-order valence-corrected chi connectivity index (χ3v) is 7.41. The first-order chi connectivity index (χ1) is 14.9. The van der Waals surface area contributed by atoms with E-state index in [0.29, 0.717) is 10.8 Å². The summed E-state index contributed by atoms with van der Waals surface area (Å²) in [5.74, 6) is 2.20. The maximum absolute atomic E-state index is 6.29. The van der Waals surface area contributed by atoms with Gasteiger partial charge in [-0.15, -0.1) is 21.5 Å². The molecule has 1 unspecified atom stereocenters. The summed E-state index contributed by atoms with van der Waals surface area (Å²) >= 11 is 15.6. The molecular weight excluding hydrogens is 471 g/mol. The van der Waals surface area contributed by atoms with Crippen molar-refractivity contribution < 1.29 is 4.74 Å². The van der Waals surface area contributed by atoms with Crippen molar-refractivity contribution in [3.8, 4) is 16.3 Å². The van der Waals surface area contributed by atoms with Crippen LogP contribution in [-0.2, 0) is 12.8 Å². The predicted octanol–water partition coefficient (Wildman–Crippen LogP) is 6.99. The van der Waals surface area contributed by atoms with E-state index in [1.165, 1.54) is 0 Å². The molecule has 0 aliphatic rings. The lowest BCUT2D eigenvalue weighted by Crippen LogP contribution is -2.10. The first kappa shape index (κ1) is 22.1. The second-order valence-corrected chi connectivity index (χ2v) is 9.60. The largest absolute Gasteiger partial charge is 0.483 e. The van der Waals surface area contributed by atoms with Crippen molar-refractivity contribution >= 4 is 46.3 Å². The molecule has 0 saturated carbocycles. The summed E-state index contributed by atoms with van der Waals surface area (Å²) in [5, 5.41) is 13.9. The Morgan fingerprint density at radius 3 is 2.71 bits per heavy atom. The Morgan fingerprint density at radius 1 is 1.13 bits per heavy atom. The first-order valence-electron chi connectivity index (χ1n) is 9.56.